The van der Waals surface area contributed by atoms with Gasteiger partial charge in [-0.1, -0.05) is 64.5 Å². The number of aromatic hydroxyl groups is 1. The summed E-state index contributed by atoms with van der Waals surface area (Å²) in [5.74, 6) is 0.415. The van der Waals surface area contributed by atoms with Gasteiger partial charge in [-0.25, -0.2) is 0 Å². The summed E-state index contributed by atoms with van der Waals surface area (Å²) in [7, 11) is 0. The van der Waals surface area contributed by atoms with E-state index >= 15 is 0 Å². The fourth-order valence-electron chi connectivity index (χ4n) is 2.54. The molecule has 0 unspecified atom stereocenters. The van der Waals surface area contributed by atoms with E-state index in [2.05, 4.69) is 18.7 Å². The van der Waals surface area contributed by atoms with Crippen molar-refractivity contribution >= 4 is 5.69 Å². The molecular formula is C18H31NO. The molecule has 0 saturated heterocycles. The highest BCUT2D eigenvalue weighted by Gasteiger charge is 2.09. The van der Waals surface area contributed by atoms with E-state index in [9.17, 15) is 5.11 Å². The average Bonchev–Trinajstić information content (AvgIpc) is 2.46. The molecule has 1 N–H and O–H groups in total. The van der Waals surface area contributed by atoms with Crippen LogP contribution in [0.25, 0.3) is 0 Å². The summed E-state index contributed by atoms with van der Waals surface area (Å²) >= 11 is 0. The lowest BCUT2D eigenvalue weighted by atomic mass is 10.1. The van der Waals surface area contributed by atoms with Crippen LogP contribution in [0.5, 0.6) is 5.75 Å². The molecule has 1 aromatic carbocycles. The minimum absolute atomic E-state index is 0.415. The van der Waals surface area contributed by atoms with Gasteiger partial charge < -0.3 is 10.0 Å². The zero-order valence-electron chi connectivity index (χ0n) is 13.3. The van der Waals surface area contributed by atoms with E-state index in [0.29, 0.717) is 5.75 Å². The molecule has 0 aromatic heterocycles. The molecule has 0 radical (unpaired) electrons. The van der Waals surface area contributed by atoms with Crippen molar-refractivity contribution < 1.29 is 5.11 Å². The fourth-order valence-corrected chi connectivity index (χ4v) is 2.54. The molecule has 0 spiro atoms. The molecule has 20 heavy (non-hydrogen) atoms. The molecular weight excluding hydrogens is 246 g/mol. The number of anilines is 1. The van der Waals surface area contributed by atoms with E-state index in [1.54, 1.807) is 6.07 Å². The highest BCUT2D eigenvalue weighted by molar-refractivity contribution is 5.57. The predicted molar refractivity (Wildman–Crippen MR) is 88.6 cm³/mol. The number of hydrogen-bond donors (Lipinski definition) is 1. The molecule has 0 saturated carbocycles. The van der Waals surface area contributed by atoms with E-state index in [-0.39, 0.29) is 0 Å². The van der Waals surface area contributed by atoms with Gasteiger partial charge in [0.15, 0.2) is 0 Å². The van der Waals surface area contributed by atoms with Crippen LogP contribution in [0.1, 0.15) is 65.2 Å². The number of phenolic OH excluding ortho intramolecular Hbond substituents is 1. The zero-order chi connectivity index (χ0) is 14.6. The largest absolute Gasteiger partial charge is 0.506 e. The molecule has 1 rings (SSSR count). The predicted octanol–water partition coefficient (Wildman–Crippen LogP) is 5.36. The zero-order valence-corrected chi connectivity index (χ0v) is 13.3. The Kier molecular flexibility index (Phi) is 8.93. The van der Waals surface area contributed by atoms with Crippen LogP contribution in [-0.2, 0) is 0 Å². The van der Waals surface area contributed by atoms with Gasteiger partial charge in [0.2, 0.25) is 0 Å². The number of rotatable bonds is 11. The fraction of sp³-hybridized carbons (Fsp3) is 0.667. The van der Waals surface area contributed by atoms with Crippen LogP contribution in [0.15, 0.2) is 24.3 Å². The van der Waals surface area contributed by atoms with Crippen LogP contribution in [0.3, 0.4) is 0 Å². The van der Waals surface area contributed by atoms with E-state index < -0.39 is 0 Å². The highest BCUT2D eigenvalue weighted by atomic mass is 16.3. The summed E-state index contributed by atoms with van der Waals surface area (Å²) in [4.78, 5) is 2.36. The Morgan fingerprint density at radius 2 is 1.35 bits per heavy atom. The molecule has 0 fully saturated rings. The van der Waals surface area contributed by atoms with Gasteiger partial charge in [0, 0.05) is 13.1 Å². The summed E-state index contributed by atoms with van der Waals surface area (Å²) in [6, 6.07) is 7.74. The Hall–Kier alpha value is -1.18. The van der Waals surface area contributed by atoms with Crippen LogP contribution in [0.2, 0.25) is 0 Å². The number of nitrogens with zero attached hydrogens (tertiary/aromatic N) is 1. The number of para-hydroxylation sites is 2. The lowest BCUT2D eigenvalue weighted by Gasteiger charge is -2.25. The minimum atomic E-state index is 0.415. The van der Waals surface area contributed by atoms with E-state index in [0.717, 1.165) is 18.8 Å². The molecule has 1 aromatic rings. The molecule has 0 aliphatic heterocycles. The third-order valence-electron chi connectivity index (χ3n) is 3.79. The van der Waals surface area contributed by atoms with Crippen LogP contribution in [0.4, 0.5) is 5.69 Å². The Morgan fingerprint density at radius 1 is 0.800 bits per heavy atom. The Labute approximate surface area is 124 Å². The Bertz CT molecular complexity index is 339. The van der Waals surface area contributed by atoms with E-state index in [4.69, 9.17) is 0 Å². The molecule has 0 aliphatic rings. The van der Waals surface area contributed by atoms with Gasteiger partial charge in [-0.15, -0.1) is 0 Å². The first-order chi connectivity index (χ1) is 9.79. The maximum atomic E-state index is 10.0. The molecule has 2 nitrogen and oxygen atoms in total. The van der Waals surface area contributed by atoms with Crippen LogP contribution in [0, 0.1) is 0 Å². The second-order valence-electron chi connectivity index (χ2n) is 5.60. The van der Waals surface area contributed by atoms with Crippen LogP contribution >= 0.6 is 0 Å². The molecule has 0 bridgehead atoms. The average molecular weight is 277 g/mol. The number of hydrogen-bond acceptors (Lipinski definition) is 2. The monoisotopic (exact) mass is 277 g/mol. The summed E-state index contributed by atoms with van der Waals surface area (Å²) in [5.41, 5.74) is 1.00. The van der Waals surface area contributed by atoms with Gasteiger partial charge >= 0.3 is 0 Å². The lowest BCUT2D eigenvalue weighted by molar-refractivity contribution is 0.472. The number of phenols is 1. The summed E-state index contributed by atoms with van der Waals surface area (Å²) in [6.07, 6.45) is 10.2. The maximum Gasteiger partial charge on any atom is 0.138 e. The van der Waals surface area contributed by atoms with Gasteiger partial charge in [0.05, 0.1) is 5.69 Å². The summed E-state index contributed by atoms with van der Waals surface area (Å²) < 4.78 is 0. The summed E-state index contributed by atoms with van der Waals surface area (Å²) in [5, 5.41) is 10.0. The van der Waals surface area contributed by atoms with Crippen molar-refractivity contribution in [3.63, 3.8) is 0 Å². The first-order valence-electron chi connectivity index (χ1n) is 8.32. The highest BCUT2D eigenvalue weighted by Crippen LogP contribution is 2.27. The number of benzene rings is 1. The molecule has 0 aliphatic carbocycles. The van der Waals surface area contributed by atoms with Crippen molar-refractivity contribution in [1.82, 2.24) is 0 Å². The van der Waals surface area contributed by atoms with Crippen molar-refractivity contribution in [1.29, 1.82) is 0 Å². The lowest BCUT2D eigenvalue weighted by Crippen LogP contribution is -2.25. The van der Waals surface area contributed by atoms with Gasteiger partial charge in [0.25, 0.3) is 0 Å². The standard InChI is InChI=1S/C18H31NO/c1-3-5-7-11-15-19(16-12-8-6-4-2)17-13-9-10-14-18(17)20/h9-10,13-14,20H,3-8,11-12,15-16H2,1-2H3. The molecule has 2 heteroatoms. The third-order valence-corrected chi connectivity index (χ3v) is 3.79. The van der Waals surface area contributed by atoms with Crippen molar-refractivity contribution in [2.45, 2.75) is 65.2 Å². The van der Waals surface area contributed by atoms with Crippen molar-refractivity contribution in [3.05, 3.63) is 24.3 Å². The molecule has 0 amide bonds. The van der Waals surface area contributed by atoms with Gasteiger partial charge in [-0.05, 0) is 25.0 Å². The minimum Gasteiger partial charge on any atom is -0.506 e. The topological polar surface area (TPSA) is 23.5 Å². The van der Waals surface area contributed by atoms with Crippen molar-refractivity contribution in [2.75, 3.05) is 18.0 Å². The molecule has 0 atom stereocenters. The quantitative estimate of drug-likeness (QED) is 0.550. The van der Waals surface area contributed by atoms with Gasteiger partial charge in [-0.3, -0.25) is 0 Å². The summed E-state index contributed by atoms with van der Waals surface area (Å²) in [6.45, 7) is 6.60. The maximum absolute atomic E-state index is 10.0. The third kappa shape index (κ3) is 6.31. The Balaban J connectivity index is 2.52. The van der Waals surface area contributed by atoms with E-state index in [1.807, 2.05) is 18.2 Å². The van der Waals surface area contributed by atoms with Crippen LogP contribution < -0.4 is 4.90 Å². The van der Waals surface area contributed by atoms with Crippen molar-refractivity contribution in [3.8, 4) is 5.75 Å². The first-order valence-corrected chi connectivity index (χ1v) is 8.32. The second kappa shape index (κ2) is 10.6. The smallest absolute Gasteiger partial charge is 0.138 e. The van der Waals surface area contributed by atoms with E-state index in [1.165, 1.54) is 51.4 Å². The molecule has 0 heterocycles. The SMILES string of the molecule is CCCCCCN(CCCCCC)c1ccccc1O. The van der Waals surface area contributed by atoms with Crippen LogP contribution in [-0.4, -0.2) is 18.2 Å². The van der Waals surface area contributed by atoms with Gasteiger partial charge in [-0.2, -0.15) is 0 Å². The normalized spacial score (nSPS) is 10.7. The second-order valence-corrected chi connectivity index (χ2v) is 5.60. The number of unbranched alkanes of at least 4 members (excludes halogenated alkanes) is 6. The Morgan fingerprint density at radius 3 is 1.85 bits per heavy atom. The first kappa shape index (κ1) is 16.9. The van der Waals surface area contributed by atoms with Crippen molar-refractivity contribution in [2.24, 2.45) is 0 Å². The van der Waals surface area contributed by atoms with Gasteiger partial charge in [0.1, 0.15) is 5.75 Å². The molecule has 114 valence electrons.